The van der Waals surface area contributed by atoms with Crippen LogP contribution >= 0.6 is 0 Å². The molecule has 4 rings (SSSR count). The van der Waals surface area contributed by atoms with Crippen molar-refractivity contribution < 1.29 is 23.4 Å². The molecule has 0 saturated carbocycles. The molecule has 0 aliphatic rings. The Morgan fingerprint density at radius 3 is 1.97 bits per heavy atom. The fourth-order valence-corrected chi connectivity index (χ4v) is 3.44. The lowest BCUT2D eigenvalue weighted by molar-refractivity contribution is -0.137. The summed E-state index contributed by atoms with van der Waals surface area (Å²) in [5.41, 5.74) is 1.16. The van der Waals surface area contributed by atoms with Crippen LogP contribution in [0.5, 0.6) is 11.5 Å². The molecule has 0 saturated heterocycles. The second-order valence-corrected chi connectivity index (χ2v) is 8.71. The predicted molar refractivity (Wildman–Crippen MR) is 119 cm³/mol. The molecule has 0 spiro atoms. The van der Waals surface area contributed by atoms with Crippen LogP contribution in [0.4, 0.5) is 13.2 Å². The lowest BCUT2D eigenvalue weighted by Gasteiger charge is -2.19. The molecule has 5 nitrogen and oxygen atoms in total. The maximum atomic E-state index is 13.0. The summed E-state index contributed by atoms with van der Waals surface area (Å²) >= 11 is 0. The highest BCUT2D eigenvalue weighted by Gasteiger charge is 2.31. The number of hydrogen-bond acceptors (Lipinski definition) is 4. The molecule has 0 aliphatic carbocycles. The van der Waals surface area contributed by atoms with E-state index < -0.39 is 17.5 Å². The first-order chi connectivity index (χ1) is 15.4. The number of aromatic nitrogens is 3. The maximum absolute atomic E-state index is 13.0. The van der Waals surface area contributed by atoms with Crippen molar-refractivity contribution >= 4 is 0 Å². The van der Waals surface area contributed by atoms with E-state index in [4.69, 9.17) is 0 Å². The highest BCUT2D eigenvalue weighted by molar-refractivity contribution is 5.71. The number of nitrogens with zero attached hydrogens (tertiary/aromatic N) is 3. The minimum Gasteiger partial charge on any atom is -0.507 e. The highest BCUT2D eigenvalue weighted by atomic mass is 19.4. The summed E-state index contributed by atoms with van der Waals surface area (Å²) in [5, 5.41) is 25.1. The Kier molecular flexibility index (Phi) is 5.40. The molecule has 0 atom stereocenters. The fourth-order valence-electron chi connectivity index (χ4n) is 3.44. The summed E-state index contributed by atoms with van der Waals surface area (Å²) in [7, 11) is 0. The van der Waals surface area contributed by atoms with Gasteiger partial charge in [0, 0.05) is 0 Å². The van der Waals surface area contributed by atoms with Crippen molar-refractivity contribution in [3.8, 4) is 40.0 Å². The standard InChI is InChI=1S/C25H22F3N3O2/c1-24(2,3)15-8-11-17(12-9-15)31-23(19-6-4-5-7-20(19)32)29-22(30-31)18-13-10-16(14-21(18)33)25(26,27)28/h4-14,32-33H,1-3H3. The molecule has 2 N–H and O–H groups in total. The molecular formula is C25H22F3N3O2. The Hall–Kier alpha value is -3.81. The molecule has 0 bridgehead atoms. The molecule has 170 valence electrons. The number of halogens is 3. The second kappa shape index (κ2) is 7.95. The van der Waals surface area contributed by atoms with Gasteiger partial charge in [-0.2, -0.15) is 13.2 Å². The second-order valence-electron chi connectivity index (χ2n) is 8.71. The zero-order valence-electron chi connectivity index (χ0n) is 18.2. The van der Waals surface area contributed by atoms with Gasteiger partial charge in [0.25, 0.3) is 0 Å². The first kappa shape index (κ1) is 22.4. The molecule has 1 aromatic heterocycles. The van der Waals surface area contributed by atoms with E-state index >= 15 is 0 Å². The van der Waals surface area contributed by atoms with Crippen LogP contribution in [0.1, 0.15) is 31.9 Å². The van der Waals surface area contributed by atoms with E-state index in [1.54, 1.807) is 18.2 Å². The minimum atomic E-state index is -4.58. The van der Waals surface area contributed by atoms with Crippen molar-refractivity contribution in [1.29, 1.82) is 0 Å². The summed E-state index contributed by atoms with van der Waals surface area (Å²) in [5.74, 6) is -0.306. The third-order valence-electron chi connectivity index (χ3n) is 5.30. The van der Waals surface area contributed by atoms with Crippen LogP contribution in [0.3, 0.4) is 0 Å². The Morgan fingerprint density at radius 1 is 0.758 bits per heavy atom. The van der Waals surface area contributed by atoms with Gasteiger partial charge >= 0.3 is 6.18 Å². The van der Waals surface area contributed by atoms with Crippen LogP contribution < -0.4 is 0 Å². The van der Waals surface area contributed by atoms with Crippen molar-refractivity contribution in [1.82, 2.24) is 14.8 Å². The molecule has 8 heteroatoms. The molecule has 1 heterocycles. The molecule has 0 amide bonds. The number of benzene rings is 3. The average Bonchev–Trinajstić information content (AvgIpc) is 3.17. The first-order valence-electron chi connectivity index (χ1n) is 10.2. The van der Waals surface area contributed by atoms with E-state index in [0.29, 0.717) is 17.3 Å². The molecule has 0 aliphatic heterocycles. The van der Waals surface area contributed by atoms with E-state index in [1.807, 2.05) is 24.3 Å². The maximum Gasteiger partial charge on any atom is 0.416 e. The van der Waals surface area contributed by atoms with Gasteiger partial charge in [0.15, 0.2) is 11.6 Å². The smallest absolute Gasteiger partial charge is 0.416 e. The molecule has 0 radical (unpaired) electrons. The summed E-state index contributed by atoms with van der Waals surface area (Å²) in [6.07, 6.45) is -4.58. The van der Waals surface area contributed by atoms with E-state index in [2.05, 4.69) is 30.9 Å². The Bertz CT molecular complexity index is 1300. The predicted octanol–water partition coefficient (Wildman–Crippen LogP) is 6.33. The van der Waals surface area contributed by atoms with E-state index in [-0.39, 0.29) is 28.4 Å². The Labute approximate surface area is 188 Å². The normalized spacial score (nSPS) is 12.2. The number of phenols is 2. The summed E-state index contributed by atoms with van der Waals surface area (Å²) < 4.78 is 40.5. The van der Waals surface area contributed by atoms with Gasteiger partial charge in [-0.05, 0) is 53.4 Å². The fraction of sp³-hybridized carbons (Fsp3) is 0.200. The van der Waals surface area contributed by atoms with Gasteiger partial charge in [0.05, 0.1) is 22.4 Å². The monoisotopic (exact) mass is 453 g/mol. The number of aromatic hydroxyl groups is 2. The molecule has 3 aromatic carbocycles. The zero-order chi connectivity index (χ0) is 24.0. The minimum absolute atomic E-state index is 0.0272. The summed E-state index contributed by atoms with van der Waals surface area (Å²) in [6.45, 7) is 6.28. The van der Waals surface area contributed by atoms with Crippen LogP contribution in [0.25, 0.3) is 28.5 Å². The van der Waals surface area contributed by atoms with Crippen molar-refractivity contribution in [3.05, 3.63) is 77.9 Å². The van der Waals surface area contributed by atoms with Gasteiger partial charge in [0.1, 0.15) is 11.5 Å². The van der Waals surface area contributed by atoms with E-state index in [9.17, 15) is 23.4 Å². The topological polar surface area (TPSA) is 71.2 Å². The van der Waals surface area contributed by atoms with Gasteiger partial charge in [0.2, 0.25) is 0 Å². The Morgan fingerprint density at radius 2 is 1.39 bits per heavy atom. The SMILES string of the molecule is CC(C)(C)c1ccc(-n2nc(-c3ccc(C(F)(F)F)cc3O)nc2-c2ccccc2O)cc1. The zero-order valence-corrected chi connectivity index (χ0v) is 18.2. The van der Waals surface area contributed by atoms with Gasteiger partial charge < -0.3 is 10.2 Å². The van der Waals surface area contributed by atoms with Crippen molar-refractivity contribution in [2.45, 2.75) is 32.4 Å². The lowest BCUT2D eigenvalue weighted by atomic mass is 9.87. The van der Waals surface area contributed by atoms with Crippen LogP contribution in [-0.4, -0.2) is 25.0 Å². The molecule has 33 heavy (non-hydrogen) atoms. The Balaban J connectivity index is 1.88. The molecule has 0 unspecified atom stereocenters. The van der Waals surface area contributed by atoms with Gasteiger partial charge in [-0.3, -0.25) is 0 Å². The summed E-state index contributed by atoms with van der Waals surface area (Å²) in [6, 6.07) is 16.8. The van der Waals surface area contributed by atoms with Crippen LogP contribution in [0, 0.1) is 0 Å². The largest absolute Gasteiger partial charge is 0.507 e. The number of alkyl halides is 3. The van der Waals surface area contributed by atoms with Gasteiger partial charge in [-0.25, -0.2) is 9.67 Å². The van der Waals surface area contributed by atoms with Crippen LogP contribution in [0.15, 0.2) is 66.7 Å². The van der Waals surface area contributed by atoms with E-state index in [1.165, 1.54) is 10.7 Å². The molecular weight excluding hydrogens is 431 g/mol. The first-order valence-corrected chi connectivity index (χ1v) is 10.2. The average molecular weight is 453 g/mol. The van der Waals surface area contributed by atoms with Crippen molar-refractivity contribution in [2.75, 3.05) is 0 Å². The van der Waals surface area contributed by atoms with Crippen molar-refractivity contribution in [3.63, 3.8) is 0 Å². The quantitative estimate of drug-likeness (QED) is 0.380. The van der Waals surface area contributed by atoms with Gasteiger partial charge in [-0.15, -0.1) is 5.10 Å². The number of para-hydroxylation sites is 1. The lowest BCUT2D eigenvalue weighted by Crippen LogP contribution is -2.11. The van der Waals surface area contributed by atoms with Crippen LogP contribution in [0.2, 0.25) is 0 Å². The van der Waals surface area contributed by atoms with Crippen molar-refractivity contribution in [2.24, 2.45) is 0 Å². The van der Waals surface area contributed by atoms with Crippen LogP contribution in [-0.2, 0) is 11.6 Å². The number of hydrogen-bond donors (Lipinski definition) is 2. The molecule has 0 fully saturated rings. The molecule has 4 aromatic rings. The van der Waals surface area contributed by atoms with E-state index in [0.717, 1.165) is 17.7 Å². The highest BCUT2D eigenvalue weighted by Crippen LogP contribution is 2.37. The summed E-state index contributed by atoms with van der Waals surface area (Å²) in [4.78, 5) is 4.46. The third kappa shape index (κ3) is 4.41. The van der Waals surface area contributed by atoms with Gasteiger partial charge in [-0.1, -0.05) is 45.0 Å². The third-order valence-corrected chi connectivity index (χ3v) is 5.30. The number of rotatable bonds is 3. The number of phenolic OH excluding ortho intramolecular Hbond substituents is 2.